The number of oxazole rings is 1. The molecule has 3 atom stereocenters. The number of ketones is 1. The summed E-state index contributed by atoms with van der Waals surface area (Å²) in [7, 11) is -3.67. The summed E-state index contributed by atoms with van der Waals surface area (Å²) in [6, 6.07) is 23.0. The van der Waals surface area contributed by atoms with Gasteiger partial charge in [-0.3, -0.25) is 9.59 Å². The molecule has 0 radical (unpaired) electrons. The summed E-state index contributed by atoms with van der Waals surface area (Å²) in [6.07, 6.45) is 0.429. The van der Waals surface area contributed by atoms with Crippen LogP contribution in [0.3, 0.4) is 0 Å². The number of hydrogen-bond donors (Lipinski definition) is 1. The van der Waals surface area contributed by atoms with Gasteiger partial charge < -0.3 is 14.6 Å². The molecule has 0 saturated carbocycles. The molecule has 4 aromatic rings. The zero-order valence-electron chi connectivity index (χ0n) is 20.3. The number of amides is 1. The minimum Gasteiger partial charge on any atom is -0.434 e. The minimum absolute atomic E-state index is 0.0655. The summed E-state index contributed by atoms with van der Waals surface area (Å²) in [5.41, 5.74) is 1.80. The predicted molar refractivity (Wildman–Crippen MR) is 140 cm³/mol. The van der Waals surface area contributed by atoms with E-state index in [-0.39, 0.29) is 23.8 Å². The van der Waals surface area contributed by atoms with Crippen molar-refractivity contribution >= 4 is 38.3 Å². The van der Waals surface area contributed by atoms with Gasteiger partial charge in [-0.15, -0.1) is 0 Å². The van der Waals surface area contributed by atoms with Crippen LogP contribution in [0.5, 0.6) is 0 Å². The lowest BCUT2D eigenvalue weighted by molar-refractivity contribution is -0.122. The molecule has 1 fully saturated rings. The fourth-order valence-electron chi connectivity index (χ4n) is 4.73. The summed E-state index contributed by atoms with van der Waals surface area (Å²) >= 11 is 0. The van der Waals surface area contributed by atoms with Crippen molar-refractivity contribution in [1.82, 2.24) is 10.3 Å². The van der Waals surface area contributed by atoms with Gasteiger partial charge in [0.05, 0.1) is 16.2 Å². The van der Waals surface area contributed by atoms with Crippen LogP contribution >= 0.6 is 0 Å². The molecule has 1 aromatic heterocycles. The molecule has 37 heavy (non-hydrogen) atoms. The number of nitrogens with one attached hydrogen (secondary N) is 1. The van der Waals surface area contributed by atoms with Crippen molar-refractivity contribution in [2.24, 2.45) is 0 Å². The third kappa shape index (κ3) is 4.86. The molecule has 8 nitrogen and oxygen atoms in total. The molecular weight excluding hydrogens is 490 g/mol. The zero-order valence-corrected chi connectivity index (χ0v) is 21.1. The molecule has 2 heterocycles. The summed E-state index contributed by atoms with van der Waals surface area (Å²) in [4.78, 5) is 33.0. The second kappa shape index (κ2) is 10.2. The zero-order chi connectivity index (χ0) is 26.0. The Labute approximate surface area is 215 Å². The molecular formula is C28H27N3O5S. The number of anilines is 1. The topological polar surface area (TPSA) is 110 Å². The molecule has 1 N–H and O–H groups in total. The van der Waals surface area contributed by atoms with Crippen molar-refractivity contribution in [3.8, 4) is 0 Å². The molecule has 1 amide bonds. The van der Waals surface area contributed by atoms with E-state index in [0.717, 1.165) is 5.69 Å². The van der Waals surface area contributed by atoms with Crippen molar-refractivity contribution < 1.29 is 22.4 Å². The molecule has 1 saturated heterocycles. The first-order chi connectivity index (χ1) is 17.9. The number of sulfone groups is 1. The number of para-hydroxylation sites is 3. The highest BCUT2D eigenvalue weighted by molar-refractivity contribution is 7.92. The Morgan fingerprint density at radius 3 is 2.32 bits per heavy atom. The second-order valence-electron chi connectivity index (χ2n) is 9.04. The van der Waals surface area contributed by atoms with E-state index in [1.807, 2.05) is 30.3 Å². The first-order valence-corrected chi connectivity index (χ1v) is 13.7. The predicted octanol–water partition coefficient (Wildman–Crippen LogP) is 4.03. The van der Waals surface area contributed by atoms with Crippen LogP contribution in [0.2, 0.25) is 0 Å². The average molecular weight is 518 g/mol. The number of rotatable bonds is 8. The SMILES string of the molecule is CCC(NC(=O)[C@@H]1C[C@@H](S(=O)(=O)c2ccccc2)CN1c1ccccc1)C(=O)c1nc2ccccc2o1. The Hall–Kier alpha value is -3.98. The summed E-state index contributed by atoms with van der Waals surface area (Å²) in [5, 5.41) is 2.06. The summed E-state index contributed by atoms with van der Waals surface area (Å²) in [5.74, 6) is -0.903. The van der Waals surface area contributed by atoms with Gasteiger partial charge in [0.15, 0.2) is 15.4 Å². The molecule has 0 spiro atoms. The maximum atomic E-state index is 13.6. The van der Waals surface area contributed by atoms with E-state index in [2.05, 4.69) is 10.3 Å². The van der Waals surface area contributed by atoms with Crippen LogP contribution in [0.1, 0.15) is 30.5 Å². The maximum absolute atomic E-state index is 13.6. The third-order valence-corrected chi connectivity index (χ3v) is 8.86. The van der Waals surface area contributed by atoms with Crippen molar-refractivity contribution in [3.05, 3.63) is 90.8 Å². The van der Waals surface area contributed by atoms with Crippen molar-refractivity contribution in [2.45, 2.75) is 42.0 Å². The largest absolute Gasteiger partial charge is 0.434 e. The Kier molecular flexibility index (Phi) is 6.80. The number of fused-ring (bicyclic) bond motifs is 1. The fraction of sp³-hybridized carbons (Fsp3) is 0.250. The van der Waals surface area contributed by atoms with E-state index in [1.165, 1.54) is 0 Å². The first kappa shape index (κ1) is 24.7. The van der Waals surface area contributed by atoms with Gasteiger partial charge in [-0.2, -0.15) is 0 Å². The van der Waals surface area contributed by atoms with E-state index in [1.54, 1.807) is 66.4 Å². The van der Waals surface area contributed by atoms with Gasteiger partial charge >= 0.3 is 0 Å². The lowest BCUT2D eigenvalue weighted by atomic mass is 10.1. The molecule has 5 rings (SSSR count). The van der Waals surface area contributed by atoms with Crippen LogP contribution in [0.15, 0.2) is 94.2 Å². The highest BCUT2D eigenvalue weighted by Gasteiger charge is 2.44. The normalized spacial score (nSPS) is 18.6. The van der Waals surface area contributed by atoms with Crippen LogP contribution in [-0.2, 0) is 14.6 Å². The van der Waals surface area contributed by atoms with Crippen LogP contribution in [-0.4, -0.2) is 49.0 Å². The van der Waals surface area contributed by atoms with Crippen LogP contribution in [0, 0.1) is 0 Å². The Balaban J connectivity index is 1.40. The van der Waals surface area contributed by atoms with E-state index < -0.39 is 38.9 Å². The average Bonchev–Trinajstić information content (AvgIpc) is 3.58. The van der Waals surface area contributed by atoms with Gasteiger partial charge in [0.2, 0.25) is 11.7 Å². The van der Waals surface area contributed by atoms with E-state index in [0.29, 0.717) is 17.5 Å². The Bertz CT molecular complexity index is 1490. The highest BCUT2D eigenvalue weighted by atomic mass is 32.2. The highest BCUT2D eigenvalue weighted by Crippen LogP contribution is 2.32. The molecule has 1 unspecified atom stereocenters. The van der Waals surface area contributed by atoms with Crippen LogP contribution < -0.4 is 10.2 Å². The van der Waals surface area contributed by atoms with E-state index in [9.17, 15) is 18.0 Å². The molecule has 0 bridgehead atoms. The maximum Gasteiger partial charge on any atom is 0.266 e. The molecule has 1 aliphatic rings. The molecule has 3 aromatic carbocycles. The van der Waals surface area contributed by atoms with Crippen LogP contribution in [0.25, 0.3) is 11.1 Å². The van der Waals surface area contributed by atoms with Gasteiger partial charge in [-0.05, 0) is 49.2 Å². The standard InChI is InChI=1S/C28H27N3O5S/c1-2-22(26(32)28-30-23-15-9-10-16-25(23)36-28)29-27(33)24-17-21(18-31(24)19-11-5-3-6-12-19)37(34,35)20-13-7-4-8-14-20/h3-16,21-22,24H,2,17-18H2,1H3,(H,29,33)/t21-,22?,24+/m1/s1. The summed E-state index contributed by atoms with van der Waals surface area (Å²) in [6.45, 7) is 1.95. The smallest absolute Gasteiger partial charge is 0.266 e. The Morgan fingerprint density at radius 1 is 1.00 bits per heavy atom. The summed E-state index contributed by atoms with van der Waals surface area (Å²) < 4.78 is 32.4. The lowest BCUT2D eigenvalue weighted by Crippen LogP contribution is -2.49. The van der Waals surface area contributed by atoms with Crippen LogP contribution in [0.4, 0.5) is 5.69 Å². The third-order valence-electron chi connectivity index (χ3n) is 6.71. The monoisotopic (exact) mass is 517 g/mol. The van der Waals surface area contributed by atoms with Crippen molar-refractivity contribution in [2.75, 3.05) is 11.4 Å². The molecule has 190 valence electrons. The number of carbonyl (C=O) groups is 2. The second-order valence-corrected chi connectivity index (χ2v) is 11.3. The number of carbonyl (C=O) groups excluding carboxylic acids is 2. The van der Waals surface area contributed by atoms with Crippen molar-refractivity contribution in [3.63, 3.8) is 0 Å². The molecule has 0 aliphatic carbocycles. The van der Waals surface area contributed by atoms with Crippen molar-refractivity contribution in [1.29, 1.82) is 0 Å². The van der Waals surface area contributed by atoms with Gasteiger partial charge in [-0.25, -0.2) is 13.4 Å². The van der Waals surface area contributed by atoms with E-state index in [4.69, 9.17) is 4.42 Å². The lowest BCUT2D eigenvalue weighted by Gasteiger charge is -2.27. The minimum atomic E-state index is -3.67. The van der Waals surface area contributed by atoms with E-state index >= 15 is 0 Å². The van der Waals surface area contributed by atoms with Gasteiger partial charge in [0.1, 0.15) is 11.6 Å². The number of hydrogen-bond acceptors (Lipinski definition) is 7. The number of nitrogens with zero attached hydrogens (tertiary/aromatic N) is 2. The van der Waals surface area contributed by atoms with Gasteiger partial charge in [0.25, 0.3) is 5.89 Å². The number of benzene rings is 3. The fourth-order valence-corrected chi connectivity index (χ4v) is 6.44. The molecule has 9 heteroatoms. The quantitative estimate of drug-likeness (QED) is 0.352. The number of Topliss-reactive ketones (excluding diaryl/α,β-unsaturated/α-hetero) is 1. The molecule has 1 aliphatic heterocycles. The first-order valence-electron chi connectivity index (χ1n) is 12.2. The van der Waals surface area contributed by atoms with Gasteiger partial charge in [0, 0.05) is 12.2 Å². The Morgan fingerprint density at radius 2 is 1.65 bits per heavy atom. The van der Waals surface area contributed by atoms with Gasteiger partial charge in [-0.1, -0.05) is 55.5 Å². The number of aromatic nitrogens is 1.